The molecule has 0 aromatic heterocycles. The second-order valence-corrected chi connectivity index (χ2v) is 6.69. The molecule has 1 N–H and O–H groups in total. The fourth-order valence-corrected chi connectivity index (χ4v) is 3.16. The molecule has 7 nitrogen and oxygen atoms in total. The fourth-order valence-electron chi connectivity index (χ4n) is 3.16. The number of nitrogens with zero attached hydrogens (tertiary/aromatic N) is 2. The molecule has 2 aromatic carbocycles. The van der Waals surface area contributed by atoms with Crippen molar-refractivity contribution in [1.82, 2.24) is 9.80 Å². The van der Waals surface area contributed by atoms with Crippen molar-refractivity contribution in [3.63, 3.8) is 0 Å². The van der Waals surface area contributed by atoms with Crippen LogP contribution in [0.25, 0.3) is 0 Å². The SMILES string of the molecule is COc1ccccc1NC(=O)CN1CCN(Cc2cccc(C)c2)C(=O)C1=O. The van der Waals surface area contributed by atoms with Gasteiger partial charge >= 0.3 is 11.8 Å². The van der Waals surface area contributed by atoms with Gasteiger partial charge in [-0.3, -0.25) is 14.4 Å². The highest BCUT2D eigenvalue weighted by Gasteiger charge is 2.33. The molecule has 146 valence electrons. The van der Waals surface area contributed by atoms with E-state index in [9.17, 15) is 14.4 Å². The number of aryl methyl sites for hydroxylation is 1. The number of rotatable bonds is 6. The fraction of sp³-hybridized carbons (Fsp3) is 0.286. The van der Waals surface area contributed by atoms with E-state index >= 15 is 0 Å². The van der Waals surface area contributed by atoms with E-state index < -0.39 is 11.8 Å². The molecular weight excluding hydrogens is 358 g/mol. The average molecular weight is 381 g/mol. The molecule has 1 saturated heterocycles. The standard InChI is InChI=1S/C21H23N3O4/c1-15-6-5-7-16(12-15)13-23-10-11-24(21(27)20(23)26)14-19(25)22-17-8-3-4-9-18(17)28-2/h3-9,12H,10-11,13-14H2,1-2H3,(H,22,25). The van der Waals surface area contributed by atoms with Gasteiger partial charge in [-0.15, -0.1) is 0 Å². The zero-order chi connectivity index (χ0) is 20.1. The monoisotopic (exact) mass is 381 g/mol. The molecule has 1 aliphatic heterocycles. The number of nitrogens with one attached hydrogen (secondary N) is 1. The Morgan fingerprint density at radius 1 is 1.04 bits per heavy atom. The van der Waals surface area contributed by atoms with Crippen molar-refractivity contribution in [3.05, 3.63) is 59.7 Å². The Morgan fingerprint density at radius 2 is 1.75 bits per heavy atom. The van der Waals surface area contributed by atoms with Crippen molar-refractivity contribution >= 4 is 23.4 Å². The highest BCUT2D eigenvalue weighted by Crippen LogP contribution is 2.23. The molecule has 3 amide bonds. The van der Waals surface area contributed by atoms with E-state index in [1.807, 2.05) is 31.2 Å². The van der Waals surface area contributed by atoms with Crippen molar-refractivity contribution in [1.29, 1.82) is 0 Å². The summed E-state index contributed by atoms with van der Waals surface area (Å²) in [6.07, 6.45) is 0. The van der Waals surface area contributed by atoms with Gasteiger partial charge in [0, 0.05) is 19.6 Å². The first-order valence-corrected chi connectivity index (χ1v) is 9.04. The predicted molar refractivity (Wildman–Crippen MR) is 105 cm³/mol. The summed E-state index contributed by atoms with van der Waals surface area (Å²) < 4.78 is 5.20. The van der Waals surface area contributed by atoms with E-state index in [0.717, 1.165) is 11.1 Å². The molecule has 0 aliphatic carbocycles. The quantitative estimate of drug-likeness (QED) is 0.774. The lowest BCUT2D eigenvalue weighted by Crippen LogP contribution is -2.55. The van der Waals surface area contributed by atoms with Crippen LogP contribution in [-0.4, -0.2) is 54.3 Å². The third-order valence-corrected chi connectivity index (χ3v) is 4.57. The van der Waals surface area contributed by atoms with Crippen molar-refractivity contribution in [2.45, 2.75) is 13.5 Å². The van der Waals surface area contributed by atoms with Gasteiger partial charge in [-0.25, -0.2) is 0 Å². The molecule has 1 heterocycles. The van der Waals surface area contributed by atoms with Gasteiger partial charge < -0.3 is 19.9 Å². The maximum absolute atomic E-state index is 12.4. The van der Waals surface area contributed by atoms with E-state index in [-0.39, 0.29) is 12.5 Å². The largest absolute Gasteiger partial charge is 0.495 e. The first-order chi connectivity index (χ1) is 13.5. The summed E-state index contributed by atoms with van der Waals surface area (Å²) in [5.74, 6) is -1.09. The maximum atomic E-state index is 12.4. The summed E-state index contributed by atoms with van der Waals surface area (Å²) in [4.78, 5) is 40.0. The number of hydrogen-bond acceptors (Lipinski definition) is 4. The van der Waals surface area contributed by atoms with E-state index in [1.54, 1.807) is 24.3 Å². The molecular formula is C21H23N3O4. The molecule has 1 fully saturated rings. The lowest BCUT2D eigenvalue weighted by molar-refractivity contribution is -0.157. The molecule has 3 rings (SSSR count). The molecule has 0 saturated carbocycles. The first kappa shape index (κ1) is 19.4. The Kier molecular flexibility index (Phi) is 5.93. The van der Waals surface area contributed by atoms with Crippen molar-refractivity contribution in [3.8, 4) is 5.75 Å². The summed E-state index contributed by atoms with van der Waals surface area (Å²) in [5, 5.41) is 2.72. The zero-order valence-corrected chi connectivity index (χ0v) is 16.0. The minimum absolute atomic E-state index is 0.180. The maximum Gasteiger partial charge on any atom is 0.312 e. The molecule has 2 aromatic rings. The van der Waals surface area contributed by atoms with Crippen molar-refractivity contribution < 1.29 is 19.1 Å². The third-order valence-electron chi connectivity index (χ3n) is 4.57. The second-order valence-electron chi connectivity index (χ2n) is 6.69. The summed E-state index contributed by atoms with van der Waals surface area (Å²) in [6.45, 7) is 2.89. The van der Waals surface area contributed by atoms with Crippen molar-refractivity contribution in [2.24, 2.45) is 0 Å². The molecule has 0 unspecified atom stereocenters. The highest BCUT2D eigenvalue weighted by atomic mass is 16.5. The van der Waals surface area contributed by atoms with E-state index in [4.69, 9.17) is 4.74 Å². The van der Waals surface area contributed by atoms with Gasteiger partial charge in [-0.1, -0.05) is 42.0 Å². The number of amides is 3. The van der Waals surface area contributed by atoms with Gasteiger partial charge in [-0.2, -0.15) is 0 Å². The number of piperazine rings is 1. The number of hydrogen-bond donors (Lipinski definition) is 1. The van der Waals surface area contributed by atoms with Crippen LogP contribution in [0.2, 0.25) is 0 Å². The summed E-state index contributed by atoms with van der Waals surface area (Å²) in [5.41, 5.74) is 2.60. The van der Waals surface area contributed by atoms with Gasteiger partial charge in [0.25, 0.3) is 0 Å². The third kappa shape index (κ3) is 4.49. The molecule has 1 aliphatic rings. The predicted octanol–water partition coefficient (Wildman–Crippen LogP) is 1.81. The summed E-state index contributed by atoms with van der Waals surface area (Å²) in [6, 6.07) is 14.8. The molecule has 0 spiro atoms. The number of ether oxygens (including phenoxy) is 1. The molecule has 28 heavy (non-hydrogen) atoms. The van der Waals surface area contributed by atoms with E-state index in [0.29, 0.717) is 31.1 Å². The Hall–Kier alpha value is -3.35. The normalized spacial score (nSPS) is 14.2. The lowest BCUT2D eigenvalue weighted by Gasteiger charge is -2.33. The highest BCUT2D eigenvalue weighted by molar-refractivity contribution is 6.35. The molecule has 0 radical (unpaired) electrons. The van der Waals surface area contributed by atoms with Gasteiger partial charge in [0.15, 0.2) is 0 Å². The Morgan fingerprint density at radius 3 is 2.50 bits per heavy atom. The summed E-state index contributed by atoms with van der Waals surface area (Å²) in [7, 11) is 1.51. The van der Waals surface area contributed by atoms with Crippen LogP contribution >= 0.6 is 0 Å². The Labute approximate surface area is 163 Å². The van der Waals surface area contributed by atoms with Gasteiger partial charge in [0.05, 0.1) is 12.8 Å². The number of benzene rings is 2. The van der Waals surface area contributed by atoms with Crippen LogP contribution in [0.1, 0.15) is 11.1 Å². The number of methoxy groups -OCH3 is 1. The van der Waals surface area contributed by atoms with Crippen LogP contribution < -0.4 is 10.1 Å². The number of carbonyl (C=O) groups is 3. The smallest absolute Gasteiger partial charge is 0.312 e. The van der Waals surface area contributed by atoms with E-state index in [1.165, 1.54) is 16.9 Å². The number of carbonyl (C=O) groups excluding carboxylic acids is 3. The lowest BCUT2D eigenvalue weighted by atomic mass is 10.1. The van der Waals surface area contributed by atoms with Gasteiger partial charge in [-0.05, 0) is 24.6 Å². The average Bonchev–Trinajstić information content (AvgIpc) is 2.68. The Balaban J connectivity index is 1.59. The van der Waals surface area contributed by atoms with Crippen LogP contribution in [0, 0.1) is 6.92 Å². The number of para-hydroxylation sites is 2. The van der Waals surface area contributed by atoms with Crippen LogP contribution in [0.5, 0.6) is 5.75 Å². The molecule has 7 heteroatoms. The number of anilines is 1. The second kappa shape index (κ2) is 8.56. The van der Waals surface area contributed by atoms with Crippen LogP contribution in [0.15, 0.2) is 48.5 Å². The minimum atomic E-state index is -0.658. The van der Waals surface area contributed by atoms with Crippen LogP contribution in [0.4, 0.5) is 5.69 Å². The van der Waals surface area contributed by atoms with Gasteiger partial charge in [0.2, 0.25) is 5.91 Å². The van der Waals surface area contributed by atoms with Crippen LogP contribution in [0.3, 0.4) is 0 Å². The van der Waals surface area contributed by atoms with Gasteiger partial charge in [0.1, 0.15) is 12.3 Å². The first-order valence-electron chi connectivity index (χ1n) is 9.04. The molecule has 0 bridgehead atoms. The Bertz CT molecular complexity index is 897. The zero-order valence-electron chi connectivity index (χ0n) is 16.0. The minimum Gasteiger partial charge on any atom is -0.495 e. The topological polar surface area (TPSA) is 79.0 Å². The van der Waals surface area contributed by atoms with Crippen molar-refractivity contribution in [2.75, 3.05) is 32.1 Å². The van der Waals surface area contributed by atoms with E-state index in [2.05, 4.69) is 5.32 Å². The summed E-state index contributed by atoms with van der Waals surface area (Å²) >= 11 is 0. The van der Waals surface area contributed by atoms with Crippen LogP contribution in [-0.2, 0) is 20.9 Å². The molecule has 0 atom stereocenters.